The van der Waals surface area contributed by atoms with Gasteiger partial charge in [-0.05, 0) is 38.0 Å². The molecule has 4 nitrogen and oxygen atoms in total. The number of nitrogen functional groups attached to an aromatic ring is 1. The van der Waals surface area contributed by atoms with Crippen molar-refractivity contribution < 1.29 is 4.79 Å². The molecule has 5 heteroatoms. The molecule has 1 aromatic rings. The molecule has 0 radical (unpaired) electrons. The first-order chi connectivity index (χ1) is 8.58. The SMILES string of the molecule is CC(Nc1ccc(N)cc1Cl)C(=O)N1CCCC1. The van der Waals surface area contributed by atoms with Gasteiger partial charge in [0, 0.05) is 18.8 Å². The van der Waals surface area contributed by atoms with Crippen LogP contribution in [0.3, 0.4) is 0 Å². The first kappa shape index (κ1) is 13.0. The minimum atomic E-state index is -0.274. The van der Waals surface area contributed by atoms with Crippen molar-refractivity contribution in [3.8, 4) is 0 Å². The molecule has 1 heterocycles. The summed E-state index contributed by atoms with van der Waals surface area (Å²) in [5.74, 6) is 0.125. The Bertz CT molecular complexity index is 444. The van der Waals surface area contributed by atoms with Crippen LogP contribution < -0.4 is 11.1 Å². The number of likely N-dealkylation sites (tertiary alicyclic amines) is 1. The fraction of sp³-hybridized carbons (Fsp3) is 0.462. The number of carbonyl (C=O) groups is 1. The van der Waals surface area contributed by atoms with Crippen LogP contribution in [0.5, 0.6) is 0 Å². The number of amides is 1. The lowest BCUT2D eigenvalue weighted by Gasteiger charge is -2.22. The Balaban J connectivity index is 2.01. The van der Waals surface area contributed by atoms with Crippen molar-refractivity contribution in [1.29, 1.82) is 0 Å². The smallest absolute Gasteiger partial charge is 0.244 e. The molecule has 2 rings (SSSR count). The number of rotatable bonds is 3. The molecule has 0 saturated carbocycles. The average molecular weight is 268 g/mol. The van der Waals surface area contributed by atoms with E-state index in [1.54, 1.807) is 18.2 Å². The van der Waals surface area contributed by atoms with Gasteiger partial charge in [0.1, 0.15) is 6.04 Å². The predicted octanol–water partition coefficient (Wildman–Crippen LogP) is 2.35. The maximum absolute atomic E-state index is 12.1. The Labute approximate surface area is 112 Å². The van der Waals surface area contributed by atoms with E-state index in [1.807, 2.05) is 11.8 Å². The zero-order valence-electron chi connectivity index (χ0n) is 10.4. The van der Waals surface area contributed by atoms with E-state index in [4.69, 9.17) is 17.3 Å². The number of benzene rings is 1. The minimum absolute atomic E-state index is 0.125. The van der Waals surface area contributed by atoms with Crippen LogP contribution in [0.15, 0.2) is 18.2 Å². The topological polar surface area (TPSA) is 58.4 Å². The molecule has 1 aliphatic heterocycles. The van der Waals surface area contributed by atoms with Crippen molar-refractivity contribution in [2.45, 2.75) is 25.8 Å². The molecule has 1 atom stereocenters. The number of hydrogen-bond donors (Lipinski definition) is 2. The summed E-state index contributed by atoms with van der Waals surface area (Å²) < 4.78 is 0. The summed E-state index contributed by atoms with van der Waals surface area (Å²) in [6.45, 7) is 3.58. The van der Waals surface area contributed by atoms with Crippen LogP contribution in [-0.4, -0.2) is 29.9 Å². The molecule has 1 saturated heterocycles. The molecule has 3 N–H and O–H groups in total. The summed E-state index contributed by atoms with van der Waals surface area (Å²) in [5.41, 5.74) is 6.99. The van der Waals surface area contributed by atoms with Gasteiger partial charge in [0.25, 0.3) is 0 Å². The monoisotopic (exact) mass is 267 g/mol. The summed E-state index contributed by atoms with van der Waals surface area (Å²) in [6, 6.07) is 4.97. The Morgan fingerprint density at radius 1 is 1.44 bits per heavy atom. The van der Waals surface area contributed by atoms with Crippen LogP contribution in [0.4, 0.5) is 11.4 Å². The molecule has 1 fully saturated rings. The maximum atomic E-state index is 12.1. The summed E-state index contributed by atoms with van der Waals surface area (Å²) >= 11 is 6.07. The van der Waals surface area contributed by atoms with Gasteiger partial charge in [-0.3, -0.25) is 4.79 Å². The summed E-state index contributed by atoms with van der Waals surface area (Å²) in [5, 5.41) is 3.67. The Kier molecular flexibility index (Phi) is 3.97. The molecular formula is C13H18ClN3O. The van der Waals surface area contributed by atoms with E-state index in [1.165, 1.54) is 0 Å². The molecule has 1 unspecified atom stereocenters. The van der Waals surface area contributed by atoms with Crippen molar-refractivity contribution in [2.24, 2.45) is 0 Å². The first-order valence-corrected chi connectivity index (χ1v) is 6.56. The van der Waals surface area contributed by atoms with E-state index in [-0.39, 0.29) is 11.9 Å². The third-order valence-corrected chi connectivity index (χ3v) is 3.47. The lowest BCUT2D eigenvalue weighted by atomic mass is 10.2. The maximum Gasteiger partial charge on any atom is 0.244 e. The fourth-order valence-corrected chi connectivity index (χ4v) is 2.40. The van der Waals surface area contributed by atoms with Gasteiger partial charge in [-0.2, -0.15) is 0 Å². The highest BCUT2D eigenvalue weighted by Crippen LogP contribution is 2.25. The molecule has 1 amide bonds. The van der Waals surface area contributed by atoms with Crippen molar-refractivity contribution >= 4 is 28.9 Å². The Hall–Kier alpha value is -1.42. The van der Waals surface area contributed by atoms with E-state index < -0.39 is 0 Å². The van der Waals surface area contributed by atoms with Gasteiger partial charge in [-0.25, -0.2) is 0 Å². The molecule has 0 bridgehead atoms. The van der Waals surface area contributed by atoms with E-state index in [0.29, 0.717) is 10.7 Å². The first-order valence-electron chi connectivity index (χ1n) is 6.18. The van der Waals surface area contributed by atoms with Crippen LogP contribution in [-0.2, 0) is 4.79 Å². The molecule has 1 aliphatic rings. The second-order valence-corrected chi connectivity index (χ2v) is 5.04. The zero-order valence-corrected chi connectivity index (χ0v) is 11.2. The molecule has 0 aromatic heterocycles. The van der Waals surface area contributed by atoms with Crippen molar-refractivity contribution in [2.75, 3.05) is 24.1 Å². The third-order valence-electron chi connectivity index (χ3n) is 3.15. The summed E-state index contributed by atoms with van der Waals surface area (Å²) in [4.78, 5) is 14.0. The van der Waals surface area contributed by atoms with Gasteiger partial charge >= 0.3 is 0 Å². The number of nitrogens with two attached hydrogens (primary N) is 1. The van der Waals surface area contributed by atoms with E-state index in [2.05, 4.69) is 5.32 Å². The average Bonchev–Trinajstić information content (AvgIpc) is 2.85. The summed E-state index contributed by atoms with van der Waals surface area (Å²) in [6.07, 6.45) is 2.20. The van der Waals surface area contributed by atoms with Crippen LogP contribution in [0.2, 0.25) is 5.02 Å². The number of halogens is 1. The van der Waals surface area contributed by atoms with E-state index >= 15 is 0 Å². The van der Waals surface area contributed by atoms with Crippen LogP contribution in [0.1, 0.15) is 19.8 Å². The van der Waals surface area contributed by atoms with Crippen LogP contribution >= 0.6 is 11.6 Å². The van der Waals surface area contributed by atoms with Gasteiger partial charge in [0.05, 0.1) is 10.7 Å². The fourth-order valence-electron chi connectivity index (χ4n) is 2.15. The largest absolute Gasteiger partial charge is 0.399 e. The van der Waals surface area contributed by atoms with Gasteiger partial charge in [-0.1, -0.05) is 11.6 Å². The zero-order chi connectivity index (χ0) is 13.1. The Morgan fingerprint density at radius 3 is 2.72 bits per heavy atom. The highest BCUT2D eigenvalue weighted by atomic mass is 35.5. The second kappa shape index (κ2) is 5.48. The molecule has 1 aromatic carbocycles. The number of nitrogens with one attached hydrogen (secondary N) is 1. The van der Waals surface area contributed by atoms with Gasteiger partial charge in [-0.15, -0.1) is 0 Å². The highest BCUT2D eigenvalue weighted by molar-refractivity contribution is 6.33. The normalized spacial score (nSPS) is 16.7. The number of hydrogen-bond acceptors (Lipinski definition) is 3. The van der Waals surface area contributed by atoms with Crippen molar-refractivity contribution in [3.05, 3.63) is 23.2 Å². The predicted molar refractivity (Wildman–Crippen MR) is 74.8 cm³/mol. The molecule has 0 aliphatic carbocycles. The molecular weight excluding hydrogens is 250 g/mol. The molecule has 0 spiro atoms. The molecule has 18 heavy (non-hydrogen) atoms. The van der Waals surface area contributed by atoms with E-state index in [0.717, 1.165) is 31.6 Å². The Morgan fingerprint density at radius 2 is 2.11 bits per heavy atom. The highest BCUT2D eigenvalue weighted by Gasteiger charge is 2.23. The van der Waals surface area contributed by atoms with Crippen molar-refractivity contribution in [3.63, 3.8) is 0 Å². The second-order valence-electron chi connectivity index (χ2n) is 4.64. The number of nitrogens with zero attached hydrogens (tertiary/aromatic N) is 1. The lowest BCUT2D eigenvalue weighted by Crippen LogP contribution is -2.39. The standard InChI is InChI=1S/C13H18ClN3O/c1-9(13(18)17-6-2-3-7-17)16-12-5-4-10(15)8-11(12)14/h4-5,8-9,16H,2-3,6-7,15H2,1H3. The van der Waals surface area contributed by atoms with Crippen molar-refractivity contribution in [1.82, 2.24) is 4.90 Å². The van der Waals surface area contributed by atoms with Gasteiger partial charge in [0.2, 0.25) is 5.91 Å². The minimum Gasteiger partial charge on any atom is -0.399 e. The van der Waals surface area contributed by atoms with Gasteiger partial charge < -0.3 is 16.0 Å². The van der Waals surface area contributed by atoms with E-state index in [9.17, 15) is 4.79 Å². The van der Waals surface area contributed by atoms with Gasteiger partial charge in [0.15, 0.2) is 0 Å². The number of carbonyl (C=O) groups excluding carboxylic acids is 1. The van der Waals surface area contributed by atoms with Crippen LogP contribution in [0, 0.1) is 0 Å². The van der Waals surface area contributed by atoms with Crippen LogP contribution in [0.25, 0.3) is 0 Å². The third kappa shape index (κ3) is 2.88. The summed E-state index contributed by atoms with van der Waals surface area (Å²) in [7, 11) is 0. The quantitative estimate of drug-likeness (QED) is 0.827. The number of anilines is 2. The lowest BCUT2D eigenvalue weighted by molar-refractivity contribution is -0.130. The molecule has 98 valence electrons.